The van der Waals surface area contributed by atoms with Crippen molar-refractivity contribution in [3.8, 4) is 23.5 Å². The average molecular weight is 626 g/mol. The van der Waals surface area contributed by atoms with Gasteiger partial charge in [0.25, 0.3) is 0 Å². The van der Waals surface area contributed by atoms with E-state index in [-0.39, 0.29) is 18.9 Å². The van der Waals surface area contributed by atoms with E-state index in [1.54, 1.807) is 6.07 Å². The van der Waals surface area contributed by atoms with E-state index < -0.39 is 23.7 Å². The number of fused-ring (bicyclic) bond motifs is 3. The van der Waals surface area contributed by atoms with Gasteiger partial charge in [-0.05, 0) is 35.2 Å². The summed E-state index contributed by atoms with van der Waals surface area (Å²) in [5, 5.41) is 3.09. The second-order valence-electron chi connectivity index (χ2n) is 11.2. The number of rotatable bonds is 9. The summed E-state index contributed by atoms with van der Waals surface area (Å²) >= 11 is 6.81. The monoisotopic (exact) mass is 625 g/mol. The third-order valence-electron chi connectivity index (χ3n) is 8.39. The third-order valence-corrected chi connectivity index (χ3v) is 8.72. The molecule has 0 bridgehead atoms. The quantitative estimate of drug-likeness (QED) is 0.101. The molecule has 1 N–H and O–H groups in total. The van der Waals surface area contributed by atoms with Gasteiger partial charge < -0.3 is 14.8 Å². The van der Waals surface area contributed by atoms with Crippen LogP contribution in [-0.4, -0.2) is 24.7 Å². The lowest BCUT2D eigenvalue weighted by molar-refractivity contribution is -0.155. The van der Waals surface area contributed by atoms with E-state index in [4.69, 9.17) is 27.5 Å². The molecular formula is C40H32ClNO4. The predicted molar refractivity (Wildman–Crippen MR) is 180 cm³/mol. The number of carbonyl (C=O) groups is 2. The van der Waals surface area contributed by atoms with Crippen molar-refractivity contribution >= 4 is 23.7 Å². The summed E-state index contributed by atoms with van der Waals surface area (Å²) in [6.45, 7) is 2.07. The van der Waals surface area contributed by atoms with Gasteiger partial charge in [-0.2, -0.15) is 0 Å². The molecule has 6 rings (SSSR count). The predicted octanol–water partition coefficient (Wildman–Crippen LogP) is 8.41. The Morgan fingerprint density at radius 1 is 0.804 bits per heavy atom. The lowest BCUT2D eigenvalue weighted by Gasteiger charge is -2.37. The molecule has 0 heterocycles. The molecule has 2 unspecified atom stereocenters. The van der Waals surface area contributed by atoms with Gasteiger partial charge in [0.15, 0.2) is 5.60 Å². The Balaban J connectivity index is 1.29. The molecule has 0 radical (unpaired) electrons. The fourth-order valence-electron chi connectivity index (χ4n) is 6.17. The van der Waals surface area contributed by atoms with Crippen molar-refractivity contribution in [2.45, 2.75) is 30.9 Å². The first-order valence-electron chi connectivity index (χ1n) is 15.1. The molecule has 1 amide bonds. The number of benzene rings is 5. The van der Waals surface area contributed by atoms with Gasteiger partial charge in [0, 0.05) is 34.1 Å². The number of esters is 1. The van der Waals surface area contributed by atoms with Crippen molar-refractivity contribution < 1.29 is 19.1 Å². The van der Waals surface area contributed by atoms with Crippen LogP contribution < -0.4 is 5.32 Å². The van der Waals surface area contributed by atoms with Gasteiger partial charge >= 0.3 is 12.1 Å². The SMILES string of the molecule is C#CCC(NC(=O)OCC1c2ccccc2-c2ccccc21)C(=O)OC(c1ccccc1)(c1ccc(C)cc1)c1ccccc1Cl. The zero-order valence-corrected chi connectivity index (χ0v) is 26.0. The number of aryl methyl sites for hydroxylation is 1. The number of amides is 1. The summed E-state index contributed by atoms with van der Waals surface area (Å²) in [5.41, 5.74) is 5.94. The Hall–Kier alpha value is -5.31. The Morgan fingerprint density at radius 2 is 1.37 bits per heavy atom. The Kier molecular flexibility index (Phi) is 8.92. The highest BCUT2D eigenvalue weighted by Gasteiger charge is 2.43. The minimum Gasteiger partial charge on any atom is -0.449 e. The zero-order chi connectivity index (χ0) is 32.1. The lowest BCUT2D eigenvalue weighted by Crippen LogP contribution is -2.46. The molecule has 0 spiro atoms. The van der Waals surface area contributed by atoms with Crippen LogP contribution in [0, 0.1) is 19.3 Å². The molecule has 5 aromatic rings. The summed E-state index contributed by atoms with van der Waals surface area (Å²) in [5.74, 6) is 1.64. The average Bonchev–Trinajstić information content (AvgIpc) is 3.40. The standard InChI is InChI=1S/C40H32ClNO4/c1-3-13-37(42-39(44)45-26-34-32-18-9-7-16-30(32)31-17-8-10-19-33(31)34)38(43)46-40(28-14-5-4-6-15-28,29-24-22-27(2)23-25-29)35-20-11-12-21-36(35)41/h1,4-12,14-25,34,37H,13,26H2,2H3,(H,42,44). The van der Waals surface area contributed by atoms with E-state index in [9.17, 15) is 9.59 Å². The minimum absolute atomic E-state index is 0.0919. The van der Waals surface area contributed by atoms with Crippen molar-refractivity contribution in [2.24, 2.45) is 0 Å². The topological polar surface area (TPSA) is 64.6 Å². The van der Waals surface area contributed by atoms with E-state index in [0.717, 1.165) is 27.8 Å². The van der Waals surface area contributed by atoms with Gasteiger partial charge in [-0.25, -0.2) is 9.59 Å². The molecule has 0 saturated carbocycles. The molecule has 2 atom stereocenters. The molecular weight excluding hydrogens is 594 g/mol. The van der Waals surface area contributed by atoms with Gasteiger partial charge in [-0.1, -0.05) is 138 Å². The largest absolute Gasteiger partial charge is 0.449 e. The van der Waals surface area contributed by atoms with E-state index in [1.165, 1.54) is 0 Å². The van der Waals surface area contributed by atoms with Crippen molar-refractivity contribution in [2.75, 3.05) is 6.61 Å². The number of halogens is 1. The maximum atomic E-state index is 14.1. The van der Waals surface area contributed by atoms with E-state index in [0.29, 0.717) is 21.7 Å². The van der Waals surface area contributed by atoms with Crippen molar-refractivity contribution in [1.29, 1.82) is 0 Å². The first kappa shape index (κ1) is 30.7. The highest BCUT2D eigenvalue weighted by molar-refractivity contribution is 6.31. The van der Waals surface area contributed by atoms with Crippen LogP contribution in [0.25, 0.3) is 11.1 Å². The molecule has 5 aromatic carbocycles. The van der Waals surface area contributed by atoms with Gasteiger partial charge in [-0.15, -0.1) is 12.3 Å². The molecule has 0 fully saturated rings. The molecule has 46 heavy (non-hydrogen) atoms. The van der Waals surface area contributed by atoms with Gasteiger partial charge in [0.05, 0.1) is 0 Å². The zero-order valence-electron chi connectivity index (χ0n) is 25.3. The maximum absolute atomic E-state index is 14.1. The number of alkyl carbamates (subject to hydrolysis) is 1. The van der Waals surface area contributed by atoms with Crippen LogP contribution in [0.1, 0.15) is 45.7 Å². The highest BCUT2D eigenvalue weighted by atomic mass is 35.5. The lowest BCUT2D eigenvalue weighted by atomic mass is 9.79. The first-order chi connectivity index (χ1) is 22.4. The summed E-state index contributed by atoms with van der Waals surface area (Å²) in [7, 11) is 0. The van der Waals surface area contributed by atoms with E-state index >= 15 is 0 Å². The third kappa shape index (κ3) is 5.88. The van der Waals surface area contributed by atoms with Gasteiger partial charge in [0.1, 0.15) is 12.6 Å². The fourth-order valence-corrected chi connectivity index (χ4v) is 6.44. The van der Waals surface area contributed by atoms with Gasteiger partial charge in [-0.3, -0.25) is 0 Å². The Labute approximate surface area is 274 Å². The first-order valence-corrected chi connectivity index (χ1v) is 15.5. The van der Waals surface area contributed by atoms with Crippen LogP contribution in [0.3, 0.4) is 0 Å². The molecule has 5 nitrogen and oxygen atoms in total. The van der Waals surface area contributed by atoms with E-state index in [2.05, 4.69) is 23.4 Å². The van der Waals surface area contributed by atoms with E-state index in [1.807, 2.05) is 116 Å². The van der Waals surface area contributed by atoms with Crippen LogP contribution in [0.5, 0.6) is 0 Å². The maximum Gasteiger partial charge on any atom is 0.407 e. The summed E-state index contributed by atoms with van der Waals surface area (Å²) < 4.78 is 12.2. The number of carbonyl (C=O) groups excluding carboxylic acids is 2. The molecule has 1 aliphatic rings. The summed E-state index contributed by atoms with van der Waals surface area (Å²) in [6, 6.07) is 39.3. The summed E-state index contributed by atoms with van der Waals surface area (Å²) in [6.07, 6.45) is 4.82. The van der Waals surface area contributed by atoms with Crippen molar-refractivity contribution in [3.05, 3.63) is 166 Å². The number of nitrogens with one attached hydrogen (secondary N) is 1. The van der Waals surface area contributed by atoms with Crippen LogP contribution >= 0.6 is 11.6 Å². The molecule has 0 aromatic heterocycles. The second kappa shape index (κ2) is 13.4. The van der Waals surface area contributed by atoms with Crippen LogP contribution in [0.4, 0.5) is 4.79 Å². The fraction of sp³-hybridized carbons (Fsp3) is 0.150. The van der Waals surface area contributed by atoms with Crippen molar-refractivity contribution in [1.82, 2.24) is 5.32 Å². The molecule has 6 heteroatoms. The van der Waals surface area contributed by atoms with Crippen LogP contribution in [0.15, 0.2) is 127 Å². The van der Waals surface area contributed by atoms with Crippen LogP contribution in [0.2, 0.25) is 5.02 Å². The summed E-state index contributed by atoms with van der Waals surface area (Å²) in [4.78, 5) is 27.4. The Bertz CT molecular complexity index is 1870. The smallest absolute Gasteiger partial charge is 0.407 e. The molecule has 228 valence electrons. The number of terminal acetylenes is 1. The molecule has 1 aliphatic carbocycles. The minimum atomic E-state index is -1.44. The second-order valence-corrected chi connectivity index (χ2v) is 11.7. The number of ether oxygens (including phenoxy) is 2. The van der Waals surface area contributed by atoms with Crippen LogP contribution in [-0.2, 0) is 19.9 Å². The van der Waals surface area contributed by atoms with Crippen molar-refractivity contribution in [3.63, 3.8) is 0 Å². The Morgan fingerprint density at radius 3 is 2.00 bits per heavy atom. The number of hydrogen-bond donors (Lipinski definition) is 1. The molecule has 0 aliphatic heterocycles. The highest BCUT2D eigenvalue weighted by Crippen LogP contribution is 2.45. The van der Waals surface area contributed by atoms with Gasteiger partial charge in [0.2, 0.25) is 0 Å². The normalized spacial score (nSPS) is 13.8. The number of hydrogen-bond acceptors (Lipinski definition) is 4. The molecule has 0 saturated heterocycles.